The Balaban J connectivity index is 2.12. The molecule has 2 rings (SSSR count). The number of hydrogen-bond acceptors (Lipinski definition) is 2. The van der Waals surface area contributed by atoms with Crippen molar-refractivity contribution in [1.82, 2.24) is 5.32 Å². The van der Waals surface area contributed by atoms with Gasteiger partial charge in [-0.25, -0.2) is 0 Å². The molecular formula is C16H26ClNS. The van der Waals surface area contributed by atoms with Gasteiger partial charge < -0.3 is 5.32 Å². The minimum absolute atomic E-state index is 0.159. The lowest BCUT2D eigenvalue weighted by Crippen LogP contribution is -2.45. The second kappa shape index (κ2) is 5.38. The van der Waals surface area contributed by atoms with E-state index >= 15 is 0 Å². The molecule has 1 aliphatic carbocycles. The molecule has 0 amide bonds. The second-order valence-corrected chi connectivity index (χ2v) is 9.41. The molecular weight excluding hydrogens is 274 g/mol. The lowest BCUT2D eigenvalue weighted by atomic mass is 9.80. The van der Waals surface area contributed by atoms with Crippen LogP contribution < -0.4 is 5.32 Å². The van der Waals surface area contributed by atoms with Crippen LogP contribution in [0.2, 0.25) is 4.34 Å². The van der Waals surface area contributed by atoms with E-state index in [0.29, 0.717) is 11.5 Å². The smallest absolute Gasteiger partial charge is 0.0934 e. The van der Waals surface area contributed by atoms with E-state index in [9.17, 15) is 0 Å². The molecule has 0 saturated carbocycles. The Bertz CT molecular complexity index is 442. The fourth-order valence-electron chi connectivity index (χ4n) is 3.52. The van der Waals surface area contributed by atoms with Gasteiger partial charge in [-0.1, -0.05) is 32.4 Å². The van der Waals surface area contributed by atoms with E-state index in [0.717, 1.165) is 4.34 Å². The molecule has 0 bridgehead atoms. The van der Waals surface area contributed by atoms with Crippen LogP contribution in [0, 0.1) is 5.41 Å². The minimum Gasteiger partial charge on any atom is -0.305 e. The van der Waals surface area contributed by atoms with E-state index < -0.39 is 0 Å². The zero-order valence-electron chi connectivity index (χ0n) is 12.8. The highest BCUT2D eigenvalue weighted by molar-refractivity contribution is 7.16. The lowest BCUT2D eigenvalue weighted by Gasteiger charge is -2.38. The van der Waals surface area contributed by atoms with Crippen LogP contribution in [-0.4, -0.2) is 5.54 Å². The van der Waals surface area contributed by atoms with Crippen LogP contribution in [0.4, 0.5) is 0 Å². The molecule has 1 heterocycles. The van der Waals surface area contributed by atoms with Crippen LogP contribution in [0.1, 0.15) is 70.4 Å². The number of halogens is 1. The van der Waals surface area contributed by atoms with E-state index in [1.807, 2.05) is 0 Å². The second-order valence-electron chi connectivity index (χ2n) is 7.64. The largest absolute Gasteiger partial charge is 0.305 e. The first-order valence-corrected chi connectivity index (χ1v) is 8.42. The molecule has 0 aliphatic heterocycles. The maximum Gasteiger partial charge on any atom is 0.0934 e. The van der Waals surface area contributed by atoms with Crippen LogP contribution in [0.5, 0.6) is 0 Å². The monoisotopic (exact) mass is 299 g/mol. The number of hydrogen-bond donors (Lipinski definition) is 1. The summed E-state index contributed by atoms with van der Waals surface area (Å²) in [6, 6.07) is 2.65. The molecule has 1 N–H and O–H groups in total. The van der Waals surface area contributed by atoms with Gasteiger partial charge in [0.05, 0.1) is 4.34 Å². The number of aryl methyl sites for hydroxylation is 1. The highest BCUT2D eigenvalue weighted by Gasteiger charge is 2.31. The Labute approximate surface area is 126 Å². The van der Waals surface area contributed by atoms with Gasteiger partial charge >= 0.3 is 0 Å². The fourth-order valence-corrected chi connectivity index (χ4v) is 4.90. The predicted molar refractivity (Wildman–Crippen MR) is 86.3 cm³/mol. The highest BCUT2D eigenvalue weighted by Crippen LogP contribution is 2.39. The predicted octanol–water partition coefficient (Wildman–Crippen LogP) is 5.58. The van der Waals surface area contributed by atoms with Crippen molar-refractivity contribution >= 4 is 22.9 Å². The van der Waals surface area contributed by atoms with Gasteiger partial charge in [0.1, 0.15) is 0 Å². The van der Waals surface area contributed by atoms with E-state index in [1.54, 1.807) is 11.3 Å². The van der Waals surface area contributed by atoms with Crippen LogP contribution in [0.3, 0.4) is 0 Å². The summed E-state index contributed by atoms with van der Waals surface area (Å²) in [5, 5.41) is 3.87. The molecule has 0 fully saturated rings. The summed E-state index contributed by atoms with van der Waals surface area (Å²) in [4.78, 5) is 1.49. The first-order valence-electron chi connectivity index (χ1n) is 7.22. The molecule has 1 unspecified atom stereocenters. The molecule has 1 nitrogen and oxygen atoms in total. The van der Waals surface area contributed by atoms with Crippen molar-refractivity contribution < 1.29 is 0 Å². The summed E-state index contributed by atoms with van der Waals surface area (Å²) >= 11 is 7.94. The number of rotatable bonds is 3. The summed E-state index contributed by atoms with van der Waals surface area (Å²) in [6.07, 6.45) is 4.87. The third-order valence-electron chi connectivity index (χ3n) is 3.62. The van der Waals surface area contributed by atoms with Gasteiger partial charge in [0.25, 0.3) is 0 Å². The van der Waals surface area contributed by atoms with E-state index in [4.69, 9.17) is 11.6 Å². The van der Waals surface area contributed by atoms with Gasteiger partial charge in [-0.2, -0.15) is 0 Å². The van der Waals surface area contributed by atoms with Gasteiger partial charge in [-0.3, -0.25) is 0 Å². The lowest BCUT2D eigenvalue weighted by molar-refractivity contribution is 0.216. The SMILES string of the molecule is CC(C)(C)CC(C)(C)NC1CCCc2sc(Cl)cc21. The zero-order valence-corrected chi connectivity index (χ0v) is 14.3. The molecule has 0 spiro atoms. The van der Waals surface area contributed by atoms with Crippen molar-refractivity contribution in [2.24, 2.45) is 5.41 Å². The Morgan fingerprint density at radius 3 is 2.63 bits per heavy atom. The quantitative estimate of drug-likeness (QED) is 0.768. The average Bonchev–Trinajstić information content (AvgIpc) is 2.54. The molecule has 0 radical (unpaired) electrons. The molecule has 108 valence electrons. The third-order valence-corrected chi connectivity index (χ3v) is 4.96. The van der Waals surface area contributed by atoms with Crippen molar-refractivity contribution in [3.63, 3.8) is 0 Å². The summed E-state index contributed by atoms with van der Waals surface area (Å²) in [7, 11) is 0. The summed E-state index contributed by atoms with van der Waals surface area (Å²) in [5.74, 6) is 0. The Morgan fingerprint density at radius 2 is 2.00 bits per heavy atom. The summed E-state index contributed by atoms with van der Waals surface area (Å²) in [6.45, 7) is 11.6. The Morgan fingerprint density at radius 1 is 1.32 bits per heavy atom. The van der Waals surface area contributed by atoms with Gasteiger partial charge in [0.2, 0.25) is 0 Å². The average molecular weight is 300 g/mol. The molecule has 1 aliphatic rings. The van der Waals surface area contributed by atoms with Crippen molar-refractivity contribution in [3.8, 4) is 0 Å². The van der Waals surface area contributed by atoms with Gasteiger partial charge in [0, 0.05) is 16.5 Å². The molecule has 0 saturated heterocycles. The topological polar surface area (TPSA) is 12.0 Å². The van der Waals surface area contributed by atoms with Crippen molar-refractivity contribution in [2.75, 3.05) is 0 Å². The molecule has 1 aromatic heterocycles. The minimum atomic E-state index is 0.159. The van der Waals surface area contributed by atoms with Gasteiger partial charge in [-0.05, 0) is 56.6 Å². The third kappa shape index (κ3) is 4.21. The van der Waals surface area contributed by atoms with Crippen LogP contribution >= 0.6 is 22.9 Å². The number of fused-ring (bicyclic) bond motifs is 1. The van der Waals surface area contributed by atoms with E-state index in [1.165, 1.54) is 36.1 Å². The highest BCUT2D eigenvalue weighted by atomic mass is 35.5. The van der Waals surface area contributed by atoms with Crippen LogP contribution in [0.25, 0.3) is 0 Å². The Kier molecular flexibility index (Phi) is 4.35. The molecule has 1 atom stereocenters. The molecule has 3 heteroatoms. The van der Waals surface area contributed by atoms with Crippen molar-refractivity contribution in [1.29, 1.82) is 0 Å². The van der Waals surface area contributed by atoms with Crippen LogP contribution in [0.15, 0.2) is 6.07 Å². The fraction of sp³-hybridized carbons (Fsp3) is 0.750. The first-order chi connectivity index (χ1) is 8.66. The first kappa shape index (κ1) is 15.3. The number of nitrogens with one attached hydrogen (secondary N) is 1. The zero-order chi connectivity index (χ0) is 14.3. The summed E-state index contributed by atoms with van der Waals surface area (Å²) in [5.41, 5.74) is 1.95. The maximum atomic E-state index is 6.18. The van der Waals surface area contributed by atoms with Gasteiger partial charge in [-0.15, -0.1) is 11.3 Å². The molecule has 0 aromatic carbocycles. The molecule has 19 heavy (non-hydrogen) atoms. The summed E-state index contributed by atoms with van der Waals surface area (Å²) < 4.78 is 0.937. The van der Waals surface area contributed by atoms with Crippen molar-refractivity contribution in [3.05, 3.63) is 20.8 Å². The number of thiophene rings is 1. The maximum absolute atomic E-state index is 6.18. The van der Waals surface area contributed by atoms with E-state index in [-0.39, 0.29) is 5.54 Å². The van der Waals surface area contributed by atoms with Crippen molar-refractivity contribution in [2.45, 2.75) is 71.9 Å². The van der Waals surface area contributed by atoms with Gasteiger partial charge in [0.15, 0.2) is 0 Å². The van der Waals surface area contributed by atoms with E-state index in [2.05, 4.69) is 46.0 Å². The standard InChI is InChI=1S/C16H26ClNS/c1-15(2,3)10-16(4,5)18-12-7-6-8-13-11(12)9-14(17)19-13/h9,12,18H,6-8,10H2,1-5H3. The van der Waals surface area contributed by atoms with Crippen LogP contribution in [-0.2, 0) is 6.42 Å². The Hall–Kier alpha value is -0.0500. The molecule has 1 aromatic rings. The normalized spacial score (nSPS) is 20.4.